The van der Waals surface area contributed by atoms with Crippen LogP contribution in [0.3, 0.4) is 0 Å². The van der Waals surface area contributed by atoms with Gasteiger partial charge in [0.05, 0.1) is 24.6 Å². The zero-order chi connectivity index (χ0) is 20.5. The van der Waals surface area contributed by atoms with E-state index in [1.165, 1.54) is 0 Å². The second-order valence-corrected chi connectivity index (χ2v) is 7.25. The van der Waals surface area contributed by atoms with Gasteiger partial charge in [0, 0.05) is 52.1 Å². The number of hydrogen-bond acceptors (Lipinski definition) is 6. The van der Waals surface area contributed by atoms with E-state index in [0.29, 0.717) is 50.2 Å². The van der Waals surface area contributed by atoms with Gasteiger partial charge in [0.2, 0.25) is 0 Å². The topological polar surface area (TPSA) is 69.1 Å². The van der Waals surface area contributed by atoms with Crippen molar-refractivity contribution in [3.05, 3.63) is 35.3 Å². The van der Waals surface area contributed by atoms with Gasteiger partial charge in [0.25, 0.3) is 5.91 Å². The molecule has 1 saturated heterocycles. The Morgan fingerprint density at radius 1 is 1.36 bits per heavy atom. The van der Waals surface area contributed by atoms with Gasteiger partial charge in [0.1, 0.15) is 5.15 Å². The van der Waals surface area contributed by atoms with Crippen LogP contribution in [0.4, 0.5) is 5.69 Å². The van der Waals surface area contributed by atoms with Crippen LogP contribution in [-0.2, 0) is 9.53 Å². The SMILES string of the molecule is C=C(C(=O)N(CCOCCC)c1cc(Cl)ncc1C)N1CCN(CCO)CC1. The van der Waals surface area contributed by atoms with Crippen molar-refractivity contribution in [3.63, 3.8) is 0 Å². The molecule has 28 heavy (non-hydrogen) atoms. The summed E-state index contributed by atoms with van der Waals surface area (Å²) in [4.78, 5) is 23.2. The van der Waals surface area contributed by atoms with E-state index in [2.05, 4.69) is 16.5 Å². The van der Waals surface area contributed by atoms with Crippen molar-refractivity contribution in [2.45, 2.75) is 20.3 Å². The maximum absolute atomic E-state index is 13.3. The minimum Gasteiger partial charge on any atom is -0.395 e. The highest BCUT2D eigenvalue weighted by Gasteiger charge is 2.26. The van der Waals surface area contributed by atoms with Crippen molar-refractivity contribution >= 4 is 23.2 Å². The first-order valence-electron chi connectivity index (χ1n) is 9.76. The number of nitrogens with zero attached hydrogens (tertiary/aromatic N) is 4. The molecule has 8 heteroatoms. The van der Waals surface area contributed by atoms with Crippen LogP contribution in [0.5, 0.6) is 0 Å². The number of hydrogen-bond donors (Lipinski definition) is 1. The molecule has 1 aromatic rings. The minimum atomic E-state index is -0.152. The molecule has 2 rings (SSSR count). The van der Waals surface area contributed by atoms with Crippen LogP contribution in [0.25, 0.3) is 0 Å². The van der Waals surface area contributed by atoms with E-state index < -0.39 is 0 Å². The lowest BCUT2D eigenvalue weighted by molar-refractivity contribution is -0.117. The number of rotatable bonds is 10. The lowest BCUT2D eigenvalue weighted by Gasteiger charge is -2.37. The zero-order valence-corrected chi connectivity index (χ0v) is 17.6. The molecule has 2 heterocycles. The van der Waals surface area contributed by atoms with Crippen molar-refractivity contribution < 1.29 is 14.6 Å². The molecule has 7 nitrogen and oxygen atoms in total. The van der Waals surface area contributed by atoms with Crippen LogP contribution in [0.15, 0.2) is 24.5 Å². The fourth-order valence-corrected chi connectivity index (χ4v) is 3.34. The highest BCUT2D eigenvalue weighted by molar-refractivity contribution is 6.29. The maximum atomic E-state index is 13.3. The number of aliphatic hydroxyl groups excluding tert-OH is 1. The number of aromatic nitrogens is 1. The first-order valence-corrected chi connectivity index (χ1v) is 10.1. The van der Waals surface area contributed by atoms with Crippen LogP contribution in [0.1, 0.15) is 18.9 Å². The molecule has 0 aliphatic carbocycles. The molecule has 0 bridgehead atoms. The molecule has 1 aliphatic heterocycles. The number of carbonyl (C=O) groups is 1. The minimum absolute atomic E-state index is 0.146. The van der Waals surface area contributed by atoms with Crippen molar-refractivity contribution in [2.24, 2.45) is 0 Å². The number of aryl methyl sites for hydroxylation is 1. The van der Waals surface area contributed by atoms with Crippen molar-refractivity contribution in [3.8, 4) is 0 Å². The summed E-state index contributed by atoms with van der Waals surface area (Å²) in [5.74, 6) is -0.152. The molecule has 1 aliphatic rings. The standard InChI is InChI=1S/C20H31ClN4O3/c1-4-12-28-13-10-25(18-14-19(21)22-15-16(18)2)20(27)17(3)24-7-5-23(6-8-24)9-11-26/h14-15,26H,3-13H2,1-2H3. The molecule has 1 aromatic heterocycles. The molecule has 0 atom stereocenters. The molecule has 1 N–H and O–H groups in total. The van der Waals surface area contributed by atoms with Crippen LogP contribution >= 0.6 is 11.6 Å². The highest BCUT2D eigenvalue weighted by atomic mass is 35.5. The van der Waals surface area contributed by atoms with Gasteiger partial charge in [-0.15, -0.1) is 0 Å². The first-order chi connectivity index (χ1) is 13.5. The number of amides is 1. The van der Waals surface area contributed by atoms with Gasteiger partial charge in [-0.3, -0.25) is 9.69 Å². The quantitative estimate of drug-likeness (QED) is 0.361. The molecule has 0 aromatic carbocycles. The van der Waals surface area contributed by atoms with E-state index in [9.17, 15) is 4.79 Å². The van der Waals surface area contributed by atoms with Gasteiger partial charge in [-0.05, 0) is 25.0 Å². The summed E-state index contributed by atoms with van der Waals surface area (Å²) in [6.45, 7) is 13.4. The lowest BCUT2D eigenvalue weighted by Crippen LogP contribution is -2.49. The van der Waals surface area contributed by atoms with Crippen LogP contribution in [0.2, 0.25) is 5.15 Å². The average molecular weight is 411 g/mol. The molecular formula is C20H31ClN4O3. The van der Waals surface area contributed by atoms with Crippen molar-refractivity contribution in [2.75, 3.05) is 64.0 Å². The van der Waals surface area contributed by atoms with Gasteiger partial charge in [-0.25, -0.2) is 4.98 Å². The Morgan fingerprint density at radius 2 is 2.07 bits per heavy atom. The number of halogens is 1. The van der Waals surface area contributed by atoms with Crippen LogP contribution in [-0.4, -0.2) is 84.9 Å². The lowest BCUT2D eigenvalue weighted by atomic mass is 10.2. The third-order valence-electron chi connectivity index (χ3n) is 4.80. The normalized spacial score (nSPS) is 14.9. The summed E-state index contributed by atoms with van der Waals surface area (Å²) in [5.41, 5.74) is 2.06. The van der Waals surface area contributed by atoms with Gasteiger partial charge >= 0.3 is 0 Å². The molecule has 0 saturated carbocycles. The van der Waals surface area contributed by atoms with E-state index in [0.717, 1.165) is 30.8 Å². The van der Waals surface area contributed by atoms with Gasteiger partial charge in [0.15, 0.2) is 0 Å². The molecule has 156 valence electrons. The summed E-state index contributed by atoms with van der Waals surface area (Å²) >= 11 is 6.08. The van der Waals surface area contributed by atoms with E-state index >= 15 is 0 Å². The van der Waals surface area contributed by atoms with E-state index in [1.807, 2.05) is 18.7 Å². The molecule has 0 unspecified atom stereocenters. The number of aliphatic hydroxyl groups is 1. The average Bonchev–Trinajstić information content (AvgIpc) is 2.70. The van der Waals surface area contributed by atoms with Crippen LogP contribution in [0, 0.1) is 6.92 Å². The highest BCUT2D eigenvalue weighted by Crippen LogP contribution is 2.24. The second-order valence-electron chi connectivity index (χ2n) is 6.86. The van der Waals surface area contributed by atoms with Crippen molar-refractivity contribution in [1.29, 1.82) is 0 Å². The number of ether oxygens (including phenoxy) is 1. The number of pyridine rings is 1. The van der Waals surface area contributed by atoms with Gasteiger partial charge in [-0.1, -0.05) is 25.1 Å². The Balaban J connectivity index is 2.11. The molecule has 1 amide bonds. The summed E-state index contributed by atoms with van der Waals surface area (Å²) in [6, 6.07) is 1.71. The Morgan fingerprint density at radius 3 is 2.71 bits per heavy atom. The summed E-state index contributed by atoms with van der Waals surface area (Å²) in [6.07, 6.45) is 2.60. The Labute approximate surface area is 172 Å². The molecular weight excluding hydrogens is 380 g/mol. The summed E-state index contributed by atoms with van der Waals surface area (Å²) in [5, 5.41) is 9.43. The predicted molar refractivity (Wildman–Crippen MR) is 112 cm³/mol. The van der Waals surface area contributed by atoms with E-state index in [4.69, 9.17) is 21.4 Å². The fourth-order valence-electron chi connectivity index (χ4n) is 3.19. The number of anilines is 1. The fraction of sp³-hybridized carbons (Fsp3) is 0.600. The molecule has 1 fully saturated rings. The summed E-state index contributed by atoms with van der Waals surface area (Å²) in [7, 11) is 0. The first kappa shape index (κ1) is 22.6. The van der Waals surface area contributed by atoms with E-state index in [1.54, 1.807) is 17.2 Å². The third-order valence-corrected chi connectivity index (χ3v) is 5.01. The smallest absolute Gasteiger partial charge is 0.274 e. The largest absolute Gasteiger partial charge is 0.395 e. The predicted octanol–water partition coefficient (Wildman–Crippen LogP) is 1.93. The van der Waals surface area contributed by atoms with Crippen molar-refractivity contribution in [1.82, 2.24) is 14.8 Å². The van der Waals surface area contributed by atoms with Crippen LogP contribution < -0.4 is 4.90 Å². The molecule has 0 radical (unpaired) electrons. The Bertz CT molecular complexity index is 663. The van der Waals surface area contributed by atoms with E-state index in [-0.39, 0.29) is 12.5 Å². The zero-order valence-electron chi connectivity index (χ0n) is 16.9. The Hall–Kier alpha value is -1.67. The third kappa shape index (κ3) is 6.17. The molecule has 0 spiro atoms. The second kappa shape index (κ2) is 11.4. The maximum Gasteiger partial charge on any atom is 0.274 e. The number of carbonyl (C=O) groups excluding carboxylic acids is 1. The number of piperazine rings is 1. The van der Waals surface area contributed by atoms with Gasteiger partial charge in [-0.2, -0.15) is 0 Å². The number of β-amino-alcohol motifs (C(OH)–C–C–N with tert-alkyl or cyclic N) is 1. The summed E-state index contributed by atoms with van der Waals surface area (Å²) < 4.78 is 5.61. The monoisotopic (exact) mass is 410 g/mol. The van der Waals surface area contributed by atoms with Gasteiger partial charge < -0.3 is 19.6 Å². The Kier molecular flexibility index (Phi) is 9.18.